The maximum atomic E-state index is 5.59. The van der Waals surface area contributed by atoms with Crippen molar-refractivity contribution in [2.24, 2.45) is 0 Å². The van der Waals surface area contributed by atoms with Crippen LogP contribution >= 0.6 is 0 Å². The molecule has 3 rings (SSSR count). The molecule has 1 fully saturated rings. The summed E-state index contributed by atoms with van der Waals surface area (Å²) in [7, 11) is 0. The molecule has 1 aliphatic rings. The largest absolute Gasteiger partial charge is 0.494 e. The van der Waals surface area contributed by atoms with Crippen molar-refractivity contribution in [3.8, 4) is 17.0 Å². The quantitative estimate of drug-likeness (QED) is 0.871. The van der Waals surface area contributed by atoms with Gasteiger partial charge in [-0.3, -0.25) is 0 Å². The standard InChI is InChI=1S/C16H19N3O/c1-2-11-20-14-7-3-12(4-8-14)15-9-10-17-16(19-15)18-13-5-6-13/h3-4,7-10,13H,2,5-6,11H2,1H3,(H,17,18,19). The lowest BCUT2D eigenvalue weighted by Crippen LogP contribution is -2.05. The van der Waals surface area contributed by atoms with Crippen LogP contribution in [0.5, 0.6) is 5.75 Å². The number of hydrogen-bond acceptors (Lipinski definition) is 4. The summed E-state index contributed by atoms with van der Waals surface area (Å²) in [6.07, 6.45) is 5.26. The molecule has 1 aliphatic carbocycles. The van der Waals surface area contributed by atoms with Gasteiger partial charge in [-0.2, -0.15) is 0 Å². The predicted molar refractivity (Wildman–Crippen MR) is 79.9 cm³/mol. The summed E-state index contributed by atoms with van der Waals surface area (Å²) in [6, 6.07) is 10.5. The van der Waals surface area contributed by atoms with E-state index in [0.717, 1.165) is 36.0 Å². The third-order valence-electron chi connectivity index (χ3n) is 3.19. The SMILES string of the molecule is CCCOc1ccc(-c2ccnc(NC3CC3)n2)cc1. The lowest BCUT2D eigenvalue weighted by molar-refractivity contribution is 0.317. The van der Waals surface area contributed by atoms with E-state index in [1.165, 1.54) is 12.8 Å². The van der Waals surface area contributed by atoms with E-state index in [0.29, 0.717) is 6.04 Å². The molecule has 1 N–H and O–H groups in total. The summed E-state index contributed by atoms with van der Waals surface area (Å²) >= 11 is 0. The van der Waals surface area contributed by atoms with Gasteiger partial charge >= 0.3 is 0 Å². The third kappa shape index (κ3) is 3.26. The number of hydrogen-bond donors (Lipinski definition) is 1. The predicted octanol–water partition coefficient (Wildman–Crippen LogP) is 3.51. The van der Waals surface area contributed by atoms with Gasteiger partial charge < -0.3 is 10.1 Å². The van der Waals surface area contributed by atoms with E-state index in [4.69, 9.17) is 4.74 Å². The monoisotopic (exact) mass is 269 g/mol. The van der Waals surface area contributed by atoms with E-state index in [-0.39, 0.29) is 0 Å². The van der Waals surface area contributed by atoms with Crippen LogP contribution in [0.4, 0.5) is 5.95 Å². The molecule has 1 aromatic carbocycles. The highest BCUT2D eigenvalue weighted by Crippen LogP contribution is 2.25. The molecule has 0 unspecified atom stereocenters. The third-order valence-corrected chi connectivity index (χ3v) is 3.19. The highest BCUT2D eigenvalue weighted by Gasteiger charge is 2.21. The van der Waals surface area contributed by atoms with Crippen LogP contribution < -0.4 is 10.1 Å². The molecule has 0 radical (unpaired) electrons. The molecule has 20 heavy (non-hydrogen) atoms. The summed E-state index contributed by atoms with van der Waals surface area (Å²) in [6.45, 7) is 2.85. The summed E-state index contributed by atoms with van der Waals surface area (Å²) < 4.78 is 5.59. The highest BCUT2D eigenvalue weighted by molar-refractivity contribution is 5.61. The van der Waals surface area contributed by atoms with Crippen LogP contribution in [-0.4, -0.2) is 22.6 Å². The Bertz CT molecular complexity index is 564. The minimum absolute atomic E-state index is 0.565. The average Bonchev–Trinajstić information content (AvgIpc) is 3.30. The Morgan fingerprint density at radius 1 is 1.20 bits per heavy atom. The Morgan fingerprint density at radius 2 is 2.00 bits per heavy atom. The number of nitrogens with one attached hydrogen (secondary N) is 1. The molecular formula is C16H19N3O. The molecule has 0 bridgehead atoms. The average molecular weight is 269 g/mol. The second kappa shape index (κ2) is 5.90. The Labute approximate surface area is 119 Å². The number of benzene rings is 1. The van der Waals surface area contributed by atoms with Crippen molar-refractivity contribution in [3.05, 3.63) is 36.5 Å². The van der Waals surface area contributed by atoms with Crippen molar-refractivity contribution in [3.63, 3.8) is 0 Å². The van der Waals surface area contributed by atoms with Crippen LogP contribution in [0.2, 0.25) is 0 Å². The van der Waals surface area contributed by atoms with Gasteiger partial charge in [-0.05, 0) is 49.6 Å². The van der Waals surface area contributed by atoms with Gasteiger partial charge in [-0.25, -0.2) is 9.97 Å². The molecule has 4 nitrogen and oxygen atoms in total. The van der Waals surface area contributed by atoms with Gasteiger partial charge in [0.2, 0.25) is 5.95 Å². The maximum absolute atomic E-state index is 5.59. The topological polar surface area (TPSA) is 47.0 Å². The van der Waals surface area contributed by atoms with E-state index >= 15 is 0 Å². The Balaban J connectivity index is 1.74. The molecule has 1 heterocycles. The summed E-state index contributed by atoms with van der Waals surface area (Å²) in [5, 5.41) is 3.32. The van der Waals surface area contributed by atoms with Crippen molar-refractivity contribution in [1.82, 2.24) is 9.97 Å². The van der Waals surface area contributed by atoms with Crippen LogP contribution in [0.3, 0.4) is 0 Å². The fourth-order valence-corrected chi connectivity index (χ4v) is 1.94. The highest BCUT2D eigenvalue weighted by atomic mass is 16.5. The zero-order valence-electron chi connectivity index (χ0n) is 11.7. The van der Waals surface area contributed by atoms with Crippen molar-refractivity contribution in [2.45, 2.75) is 32.2 Å². The van der Waals surface area contributed by atoms with Crippen LogP contribution in [0.25, 0.3) is 11.3 Å². The molecular weight excluding hydrogens is 250 g/mol. The Kier molecular flexibility index (Phi) is 3.81. The molecule has 104 valence electrons. The zero-order valence-corrected chi connectivity index (χ0v) is 11.7. The summed E-state index contributed by atoms with van der Waals surface area (Å²) in [5.41, 5.74) is 2.01. The first kappa shape index (κ1) is 12.9. The first-order valence-electron chi connectivity index (χ1n) is 7.18. The summed E-state index contributed by atoms with van der Waals surface area (Å²) in [5.74, 6) is 1.62. The van der Waals surface area contributed by atoms with E-state index in [1.54, 1.807) is 6.20 Å². The van der Waals surface area contributed by atoms with Crippen molar-refractivity contribution >= 4 is 5.95 Å². The normalized spacial score (nSPS) is 14.1. The van der Waals surface area contributed by atoms with Crippen molar-refractivity contribution < 1.29 is 4.74 Å². The van der Waals surface area contributed by atoms with E-state index in [9.17, 15) is 0 Å². The van der Waals surface area contributed by atoms with E-state index < -0.39 is 0 Å². The molecule has 0 atom stereocenters. The lowest BCUT2D eigenvalue weighted by Gasteiger charge is -2.07. The van der Waals surface area contributed by atoms with Gasteiger partial charge in [0.15, 0.2) is 0 Å². The molecule has 4 heteroatoms. The van der Waals surface area contributed by atoms with Crippen LogP contribution in [0.15, 0.2) is 36.5 Å². The maximum Gasteiger partial charge on any atom is 0.223 e. The van der Waals surface area contributed by atoms with Crippen LogP contribution in [0, 0.1) is 0 Å². The second-order valence-corrected chi connectivity index (χ2v) is 5.06. The minimum Gasteiger partial charge on any atom is -0.494 e. The minimum atomic E-state index is 0.565. The number of rotatable bonds is 6. The number of nitrogens with zero attached hydrogens (tertiary/aromatic N) is 2. The van der Waals surface area contributed by atoms with Crippen molar-refractivity contribution in [2.75, 3.05) is 11.9 Å². The smallest absolute Gasteiger partial charge is 0.223 e. The molecule has 0 aliphatic heterocycles. The molecule has 2 aromatic rings. The second-order valence-electron chi connectivity index (χ2n) is 5.06. The number of ether oxygens (including phenoxy) is 1. The van der Waals surface area contributed by atoms with E-state index in [2.05, 4.69) is 22.2 Å². The first-order valence-corrected chi connectivity index (χ1v) is 7.18. The molecule has 1 aromatic heterocycles. The summed E-state index contributed by atoms with van der Waals surface area (Å²) in [4.78, 5) is 8.81. The molecule has 1 saturated carbocycles. The fraction of sp³-hybridized carbons (Fsp3) is 0.375. The van der Waals surface area contributed by atoms with Gasteiger partial charge in [0.05, 0.1) is 12.3 Å². The molecule has 0 spiro atoms. The van der Waals surface area contributed by atoms with Gasteiger partial charge in [-0.15, -0.1) is 0 Å². The zero-order chi connectivity index (χ0) is 13.8. The fourth-order valence-electron chi connectivity index (χ4n) is 1.94. The molecule has 0 amide bonds. The van der Waals surface area contributed by atoms with E-state index in [1.807, 2.05) is 30.3 Å². The van der Waals surface area contributed by atoms with Crippen molar-refractivity contribution in [1.29, 1.82) is 0 Å². The van der Waals surface area contributed by atoms with Crippen LogP contribution in [0.1, 0.15) is 26.2 Å². The van der Waals surface area contributed by atoms with Gasteiger partial charge in [-0.1, -0.05) is 6.92 Å². The first-order chi connectivity index (χ1) is 9.85. The lowest BCUT2D eigenvalue weighted by atomic mass is 10.1. The Morgan fingerprint density at radius 3 is 2.70 bits per heavy atom. The van der Waals surface area contributed by atoms with Gasteiger partial charge in [0.1, 0.15) is 5.75 Å². The van der Waals surface area contributed by atoms with Gasteiger partial charge in [0.25, 0.3) is 0 Å². The van der Waals surface area contributed by atoms with Gasteiger partial charge in [0, 0.05) is 17.8 Å². The molecule has 0 saturated heterocycles. The number of anilines is 1. The van der Waals surface area contributed by atoms with Crippen LogP contribution in [-0.2, 0) is 0 Å². The number of aromatic nitrogens is 2. The Hall–Kier alpha value is -2.10.